The maximum Gasteiger partial charge on any atom is 0.263 e. The van der Waals surface area contributed by atoms with Gasteiger partial charge < -0.3 is 24.9 Å². The molecule has 2 aromatic carbocycles. The lowest BCUT2D eigenvalue weighted by Gasteiger charge is -2.10. The molecule has 0 saturated carbocycles. The van der Waals surface area contributed by atoms with E-state index in [0.717, 1.165) is 17.3 Å². The van der Waals surface area contributed by atoms with Crippen molar-refractivity contribution >= 4 is 17.7 Å². The topological polar surface area (TPSA) is 114 Å². The zero-order chi connectivity index (χ0) is 22.2. The molecular formula is C22H23N3O5S. The molecule has 3 aromatic rings. The summed E-state index contributed by atoms with van der Waals surface area (Å²) < 4.78 is 10.5. The first-order valence-electron chi connectivity index (χ1n) is 9.51. The number of aromatic amines is 1. The summed E-state index contributed by atoms with van der Waals surface area (Å²) in [5.74, 6) is 0.760. The van der Waals surface area contributed by atoms with Crippen LogP contribution in [0, 0.1) is 0 Å². The van der Waals surface area contributed by atoms with Gasteiger partial charge in [-0.05, 0) is 29.7 Å². The molecule has 31 heavy (non-hydrogen) atoms. The van der Waals surface area contributed by atoms with Crippen molar-refractivity contribution in [2.45, 2.75) is 11.6 Å². The molecule has 0 unspecified atom stereocenters. The quantitative estimate of drug-likeness (QED) is 0.345. The van der Waals surface area contributed by atoms with Crippen molar-refractivity contribution in [2.24, 2.45) is 0 Å². The molecule has 0 aliphatic rings. The molecule has 0 fully saturated rings. The van der Waals surface area contributed by atoms with E-state index in [1.165, 1.54) is 0 Å². The number of aromatic hydroxyl groups is 1. The molecule has 8 nitrogen and oxygen atoms in total. The van der Waals surface area contributed by atoms with Crippen LogP contribution in [0.25, 0.3) is 11.1 Å². The van der Waals surface area contributed by atoms with Gasteiger partial charge in [-0.2, -0.15) is 4.98 Å². The summed E-state index contributed by atoms with van der Waals surface area (Å²) in [4.78, 5) is 31.1. The number of thioether (sulfide) groups is 1. The number of carbonyl (C=O) groups is 1. The average Bonchev–Trinajstić information content (AvgIpc) is 2.78. The maximum atomic E-state index is 12.3. The van der Waals surface area contributed by atoms with Crippen molar-refractivity contribution < 1.29 is 19.4 Å². The van der Waals surface area contributed by atoms with Crippen molar-refractivity contribution in [3.05, 3.63) is 64.4 Å². The summed E-state index contributed by atoms with van der Waals surface area (Å²) in [5, 5.41) is 13.2. The fourth-order valence-corrected chi connectivity index (χ4v) is 3.63. The Balaban J connectivity index is 1.52. The van der Waals surface area contributed by atoms with Gasteiger partial charge in [-0.1, -0.05) is 48.2 Å². The molecule has 162 valence electrons. The van der Waals surface area contributed by atoms with Crippen LogP contribution in [0.2, 0.25) is 0 Å². The molecule has 0 atom stereocenters. The van der Waals surface area contributed by atoms with Gasteiger partial charge in [0, 0.05) is 6.54 Å². The van der Waals surface area contributed by atoms with Crippen LogP contribution in [0.15, 0.2) is 58.5 Å². The Morgan fingerprint density at radius 1 is 1.13 bits per heavy atom. The number of amides is 1. The third-order valence-electron chi connectivity index (χ3n) is 4.46. The summed E-state index contributed by atoms with van der Waals surface area (Å²) in [6, 6.07) is 14.4. The minimum atomic E-state index is -0.463. The van der Waals surface area contributed by atoms with Crippen LogP contribution < -0.4 is 20.3 Å². The second-order valence-electron chi connectivity index (χ2n) is 6.51. The minimum Gasteiger partial charge on any atom is -0.493 e. The van der Waals surface area contributed by atoms with Crippen molar-refractivity contribution in [3.8, 4) is 28.5 Å². The van der Waals surface area contributed by atoms with Crippen molar-refractivity contribution in [1.82, 2.24) is 15.3 Å². The summed E-state index contributed by atoms with van der Waals surface area (Å²) in [5.41, 5.74) is 1.20. The van der Waals surface area contributed by atoms with Gasteiger partial charge in [0.05, 0.1) is 20.0 Å². The van der Waals surface area contributed by atoms with E-state index in [9.17, 15) is 14.7 Å². The Hall–Kier alpha value is -3.46. The van der Waals surface area contributed by atoms with Gasteiger partial charge in [0.1, 0.15) is 5.56 Å². The molecule has 0 aliphatic carbocycles. The maximum absolute atomic E-state index is 12.3. The van der Waals surface area contributed by atoms with Crippen LogP contribution in [-0.4, -0.2) is 47.5 Å². The molecule has 1 amide bonds. The molecular weight excluding hydrogens is 418 g/mol. The number of benzene rings is 2. The molecule has 9 heteroatoms. The number of carbonyl (C=O) groups excluding carboxylic acids is 1. The highest BCUT2D eigenvalue weighted by Crippen LogP contribution is 2.27. The Bertz CT molecular complexity index is 1100. The number of aromatic nitrogens is 2. The lowest BCUT2D eigenvalue weighted by Crippen LogP contribution is -2.27. The van der Waals surface area contributed by atoms with Crippen LogP contribution in [0.4, 0.5) is 0 Å². The average molecular weight is 442 g/mol. The smallest absolute Gasteiger partial charge is 0.263 e. The molecule has 0 bridgehead atoms. The highest BCUT2D eigenvalue weighted by molar-refractivity contribution is 7.99. The Morgan fingerprint density at radius 2 is 1.87 bits per heavy atom. The monoisotopic (exact) mass is 441 g/mol. The number of hydrogen-bond acceptors (Lipinski definition) is 7. The van der Waals surface area contributed by atoms with Gasteiger partial charge in [-0.25, -0.2) is 0 Å². The number of hydrogen-bond donors (Lipinski definition) is 3. The molecule has 3 N–H and O–H groups in total. The van der Waals surface area contributed by atoms with E-state index >= 15 is 0 Å². The summed E-state index contributed by atoms with van der Waals surface area (Å²) in [6.45, 7) is 0.441. The van der Waals surface area contributed by atoms with Gasteiger partial charge in [0.15, 0.2) is 16.7 Å². The first kappa shape index (κ1) is 22.2. The standard InChI is InChI=1S/C22H23N3O5S/c1-29-16-9-8-14(12-17(16)30-2)10-11-23-18(26)13-31-22-24-20(27)19(21(28)25-22)15-6-4-3-5-7-15/h3-9,12H,10-11,13H2,1-2H3,(H,23,26)(H2,24,25,27,28). The molecule has 3 rings (SSSR count). The molecule has 0 saturated heterocycles. The molecule has 1 heterocycles. The second kappa shape index (κ2) is 10.5. The van der Waals surface area contributed by atoms with Crippen molar-refractivity contribution in [2.75, 3.05) is 26.5 Å². The van der Waals surface area contributed by atoms with Crippen LogP contribution in [0.1, 0.15) is 5.56 Å². The van der Waals surface area contributed by atoms with E-state index in [1.807, 2.05) is 24.3 Å². The summed E-state index contributed by atoms with van der Waals surface area (Å²) in [6.07, 6.45) is 0.623. The van der Waals surface area contributed by atoms with Gasteiger partial charge in [0.25, 0.3) is 5.56 Å². The third kappa shape index (κ3) is 5.79. The highest BCUT2D eigenvalue weighted by atomic mass is 32.2. The fraction of sp³-hybridized carbons (Fsp3) is 0.227. The number of ether oxygens (including phenoxy) is 2. The second-order valence-corrected chi connectivity index (χ2v) is 7.48. The molecule has 0 spiro atoms. The van der Waals surface area contributed by atoms with Crippen molar-refractivity contribution in [1.29, 1.82) is 0 Å². The Morgan fingerprint density at radius 3 is 2.55 bits per heavy atom. The zero-order valence-electron chi connectivity index (χ0n) is 17.2. The summed E-state index contributed by atoms with van der Waals surface area (Å²) >= 11 is 1.04. The Labute approximate surface area is 183 Å². The normalized spacial score (nSPS) is 10.5. The van der Waals surface area contributed by atoms with Crippen LogP contribution in [0.3, 0.4) is 0 Å². The minimum absolute atomic E-state index is 0.0546. The van der Waals surface area contributed by atoms with Gasteiger partial charge in [0.2, 0.25) is 11.8 Å². The first-order chi connectivity index (χ1) is 15.0. The number of nitrogens with one attached hydrogen (secondary N) is 2. The number of H-pyrrole nitrogens is 1. The largest absolute Gasteiger partial charge is 0.493 e. The number of methoxy groups -OCH3 is 2. The number of rotatable bonds is 9. The van der Waals surface area contributed by atoms with E-state index in [-0.39, 0.29) is 28.3 Å². The summed E-state index contributed by atoms with van der Waals surface area (Å²) in [7, 11) is 3.15. The fourth-order valence-electron chi connectivity index (χ4n) is 2.94. The van der Waals surface area contributed by atoms with E-state index in [1.54, 1.807) is 38.5 Å². The van der Waals surface area contributed by atoms with Crippen LogP contribution >= 0.6 is 11.8 Å². The van der Waals surface area contributed by atoms with Gasteiger partial charge in [-0.15, -0.1) is 0 Å². The zero-order valence-corrected chi connectivity index (χ0v) is 18.0. The van der Waals surface area contributed by atoms with E-state index in [0.29, 0.717) is 30.0 Å². The lowest BCUT2D eigenvalue weighted by molar-refractivity contribution is -0.118. The highest BCUT2D eigenvalue weighted by Gasteiger charge is 2.14. The van der Waals surface area contributed by atoms with Gasteiger partial charge in [-0.3, -0.25) is 9.59 Å². The van der Waals surface area contributed by atoms with Crippen LogP contribution in [0.5, 0.6) is 17.4 Å². The molecule has 0 aliphatic heterocycles. The van der Waals surface area contributed by atoms with E-state index in [2.05, 4.69) is 15.3 Å². The Kier molecular flexibility index (Phi) is 7.55. The van der Waals surface area contributed by atoms with E-state index in [4.69, 9.17) is 9.47 Å². The van der Waals surface area contributed by atoms with Gasteiger partial charge >= 0.3 is 0 Å². The predicted octanol–water partition coefficient (Wildman–Crippen LogP) is 2.61. The van der Waals surface area contributed by atoms with Crippen LogP contribution in [-0.2, 0) is 11.2 Å². The molecule has 1 aromatic heterocycles. The van der Waals surface area contributed by atoms with Crippen molar-refractivity contribution in [3.63, 3.8) is 0 Å². The first-order valence-corrected chi connectivity index (χ1v) is 10.5. The molecule has 0 radical (unpaired) electrons. The SMILES string of the molecule is COc1ccc(CCNC(=O)CSc2nc(O)c(-c3ccccc3)c(=O)[nH]2)cc1OC. The van der Waals surface area contributed by atoms with E-state index < -0.39 is 5.56 Å². The third-order valence-corrected chi connectivity index (χ3v) is 5.34. The lowest BCUT2D eigenvalue weighted by atomic mass is 10.1. The number of nitrogens with zero attached hydrogens (tertiary/aromatic N) is 1. The predicted molar refractivity (Wildman–Crippen MR) is 119 cm³/mol.